The average Bonchev–Trinajstić information content (AvgIpc) is 3.98. The number of carboxylic acid groups (broad SMARTS) is 1. The van der Waals surface area contributed by atoms with Crippen LogP contribution in [0, 0.1) is 5.92 Å². The van der Waals surface area contributed by atoms with Crippen molar-refractivity contribution in [3.8, 4) is 11.8 Å². The third-order valence-electron chi connectivity index (χ3n) is 8.78. The van der Waals surface area contributed by atoms with E-state index in [0.717, 1.165) is 6.26 Å². The molecule has 4 fully saturated rings. The van der Waals surface area contributed by atoms with E-state index >= 15 is 0 Å². The van der Waals surface area contributed by atoms with E-state index in [1.54, 1.807) is 66.9 Å². The van der Waals surface area contributed by atoms with Gasteiger partial charge < -0.3 is 38.3 Å². The van der Waals surface area contributed by atoms with Crippen LogP contribution in [0.25, 0.3) is 0 Å². The highest BCUT2D eigenvalue weighted by Crippen LogP contribution is 2.33. The first-order valence-corrected chi connectivity index (χ1v) is 20.4. The van der Waals surface area contributed by atoms with Gasteiger partial charge in [-0.2, -0.15) is 9.97 Å². The molecule has 55 heavy (non-hydrogen) atoms. The first-order chi connectivity index (χ1) is 26.5. The maximum atomic E-state index is 12.2. The van der Waals surface area contributed by atoms with Gasteiger partial charge >= 0.3 is 11.9 Å². The van der Waals surface area contributed by atoms with E-state index in [1.165, 1.54) is 24.0 Å². The van der Waals surface area contributed by atoms with Crippen molar-refractivity contribution in [2.24, 2.45) is 5.92 Å². The molecule has 0 unspecified atom stereocenters. The maximum absolute atomic E-state index is 12.2. The predicted octanol–water partition coefficient (Wildman–Crippen LogP) is 3.42. The highest BCUT2D eigenvalue weighted by atomic mass is 32.2. The van der Waals surface area contributed by atoms with E-state index in [4.69, 9.17) is 38.3 Å². The molecule has 6 heterocycles. The summed E-state index contributed by atoms with van der Waals surface area (Å²) in [7, 11) is -3.45. The quantitative estimate of drug-likeness (QED) is 0.146. The van der Waals surface area contributed by atoms with Crippen molar-refractivity contribution < 1.29 is 56.3 Å². The Balaban J connectivity index is 0.000000156. The number of carboxylic acids is 1. The van der Waals surface area contributed by atoms with Gasteiger partial charge in [0, 0.05) is 36.7 Å². The molecule has 292 valence electrons. The summed E-state index contributed by atoms with van der Waals surface area (Å²) in [5.41, 5.74) is 0.838. The Kier molecular flexibility index (Phi) is 13.3. The minimum atomic E-state index is -3.45. The number of benzene rings is 2. The summed E-state index contributed by atoms with van der Waals surface area (Å²) in [4.78, 5) is 38.5. The van der Waals surface area contributed by atoms with Crippen LogP contribution in [0.4, 0.5) is 0 Å². The van der Waals surface area contributed by atoms with Gasteiger partial charge in [0.15, 0.2) is 23.5 Å². The molecule has 2 aromatic carbocycles. The zero-order chi connectivity index (χ0) is 39.0. The summed E-state index contributed by atoms with van der Waals surface area (Å²) in [6.07, 6.45) is 4.24. The van der Waals surface area contributed by atoms with E-state index in [0.29, 0.717) is 47.9 Å². The van der Waals surface area contributed by atoms with Gasteiger partial charge in [-0.05, 0) is 30.5 Å². The van der Waals surface area contributed by atoms with Crippen molar-refractivity contribution in [3.63, 3.8) is 0 Å². The summed E-state index contributed by atoms with van der Waals surface area (Å²) < 4.78 is 62.9. The Hall–Kier alpha value is -4.72. The lowest BCUT2D eigenvalue weighted by Crippen LogP contribution is -2.36. The molecule has 0 spiro atoms. The lowest BCUT2D eigenvalue weighted by Gasteiger charge is -2.17. The topological polar surface area (TPSA) is 205 Å². The molecule has 0 radical (unpaired) electrons. The number of aromatic carboxylic acids is 1. The van der Waals surface area contributed by atoms with Gasteiger partial charge in [0.2, 0.25) is 26.8 Å². The summed E-state index contributed by atoms with van der Waals surface area (Å²) in [6.45, 7) is 3.77. The SMILES string of the molecule is CSc1nccc(O[C@H]2CO[C@H]3[C@@H]2OC[C@@H]3OC(=O)c2ccccc2)n1.C[C@H]1CO[C@H]2[C@@H]1OC[C@@H]2Oc1ccnc(S(C)(=O)=O)n1.O=C(O)c1ccccc1. The Bertz CT molecular complexity index is 2010. The minimum absolute atomic E-state index is 0.0382. The molecular formula is C37H40N4O12S2. The van der Waals surface area contributed by atoms with Gasteiger partial charge in [-0.25, -0.2) is 28.0 Å². The smallest absolute Gasteiger partial charge is 0.338 e. The van der Waals surface area contributed by atoms with Crippen LogP contribution in [0.1, 0.15) is 27.6 Å². The number of aromatic nitrogens is 4. The van der Waals surface area contributed by atoms with Gasteiger partial charge in [-0.1, -0.05) is 55.1 Å². The number of fused-ring (bicyclic) bond motifs is 2. The molecule has 4 aliphatic heterocycles. The molecule has 4 aromatic rings. The number of esters is 1. The lowest BCUT2D eigenvalue weighted by atomic mass is 10.0. The second-order valence-electron chi connectivity index (χ2n) is 12.8. The molecule has 18 heteroatoms. The number of carbonyl (C=O) groups is 2. The van der Waals surface area contributed by atoms with E-state index in [-0.39, 0.29) is 60.2 Å². The second-order valence-corrected chi connectivity index (χ2v) is 15.5. The molecular weight excluding hydrogens is 757 g/mol. The van der Waals surface area contributed by atoms with Crippen molar-refractivity contribution in [2.45, 2.75) is 60.0 Å². The Morgan fingerprint density at radius 2 is 1.22 bits per heavy atom. The van der Waals surface area contributed by atoms with Gasteiger partial charge in [0.05, 0.1) is 43.7 Å². The van der Waals surface area contributed by atoms with E-state index in [2.05, 4.69) is 26.9 Å². The van der Waals surface area contributed by atoms with Crippen molar-refractivity contribution >= 4 is 33.5 Å². The van der Waals surface area contributed by atoms with Crippen LogP contribution >= 0.6 is 11.8 Å². The fraction of sp³-hybridized carbons (Fsp3) is 0.405. The van der Waals surface area contributed by atoms with Crippen molar-refractivity contribution in [1.82, 2.24) is 19.9 Å². The number of hydrogen-bond donors (Lipinski definition) is 1. The van der Waals surface area contributed by atoms with Crippen LogP contribution in [-0.4, -0.2) is 127 Å². The highest BCUT2D eigenvalue weighted by Gasteiger charge is 2.51. The summed E-state index contributed by atoms with van der Waals surface area (Å²) >= 11 is 1.44. The number of thioether (sulfide) groups is 1. The summed E-state index contributed by atoms with van der Waals surface area (Å²) in [6, 6.07) is 20.4. The summed E-state index contributed by atoms with van der Waals surface area (Å²) in [5, 5.41) is 8.78. The minimum Gasteiger partial charge on any atom is -0.478 e. The molecule has 0 saturated carbocycles. The second kappa shape index (κ2) is 18.3. The van der Waals surface area contributed by atoms with Crippen molar-refractivity contribution in [2.75, 3.05) is 38.9 Å². The van der Waals surface area contributed by atoms with Gasteiger partial charge in [0.1, 0.15) is 18.3 Å². The van der Waals surface area contributed by atoms with Crippen molar-refractivity contribution in [3.05, 3.63) is 96.3 Å². The Morgan fingerprint density at radius 3 is 1.80 bits per heavy atom. The molecule has 4 aliphatic rings. The molecule has 8 rings (SSSR count). The Labute approximate surface area is 321 Å². The standard InChI is InChI=1S/C18H18N2O5S.C12H16N2O5S.C7H6O2/c1-26-18-19-8-7-14(20-18)24-12-9-22-16-13(10-23-15(12)16)25-17(21)11-5-3-2-4-6-11;1-7-5-17-11-8(6-18-10(7)11)19-9-3-4-13-12(14-9)20(2,15)16;8-7(9)6-4-2-1-3-5-6/h2-8,12-13,15-16H,9-10H2,1H3;3-4,7-8,10-11H,5-6H2,1-2H3;1-5H,(H,8,9)/t12-,13-,15+,16+;7-,8-,10+,11+;/m00./s1. The number of ether oxygens (including phenoxy) is 7. The predicted molar refractivity (Wildman–Crippen MR) is 195 cm³/mol. The average molecular weight is 797 g/mol. The van der Waals surface area contributed by atoms with Crippen LogP contribution in [-0.2, 0) is 33.5 Å². The highest BCUT2D eigenvalue weighted by molar-refractivity contribution is 7.98. The van der Waals surface area contributed by atoms with E-state index in [9.17, 15) is 18.0 Å². The monoisotopic (exact) mass is 796 g/mol. The number of sulfone groups is 1. The van der Waals surface area contributed by atoms with Crippen LogP contribution < -0.4 is 9.47 Å². The van der Waals surface area contributed by atoms with Gasteiger partial charge in [0.25, 0.3) is 0 Å². The molecule has 8 atom stereocenters. The molecule has 2 aromatic heterocycles. The molecule has 1 N–H and O–H groups in total. The molecule has 0 aliphatic carbocycles. The number of rotatable bonds is 9. The van der Waals surface area contributed by atoms with Crippen LogP contribution in [0.15, 0.2) is 95.5 Å². The third kappa shape index (κ3) is 10.3. The van der Waals surface area contributed by atoms with Crippen molar-refractivity contribution in [1.29, 1.82) is 0 Å². The molecule has 4 saturated heterocycles. The van der Waals surface area contributed by atoms with Crippen LogP contribution in [0.5, 0.6) is 11.8 Å². The maximum Gasteiger partial charge on any atom is 0.338 e. The third-order valence-corrected chi connectivity index (χ3v) is 10.2. The van der Waals surface area contributed by atoms with E-state index in [1.807, 2.05) is 12.3 Å². The lowest BCUT2D eigenvalue weighted by molar-refractivity contribution is -0.0192. The molecule has 0 bridgehead atoms. The fourth-order valence-corrected chi connectivity index (χ4v) is 6.97. The first kappa shape index (κ1) is 40.0. The van der Waals surface area contributed by atoms with Gasteiger partial charge in [-0.15, -0.1) is 0 Å². The number of nitrogens with zero attached hydrogens (tertiary/aromatic N) is 4. The molecule has 16 nitrogen and oxygen atoms in total. The largest absolute Gasteiger partial charge is 0.478 e. The fourth-order valence-electron chi connectivity index (χ4n) is 6.12. The normalized spacial score (nSPS) is 26.3. The van der Waals surface area contributed by atoms with Crippen LogP contribution in [0.2, 0.25) is 0 Å². The van der Waals surface area contributed by atoms with Gasteiger partial charge in [-0.3, -0.25) is 0 Å². The number of carbonyl (C=O) groups excluding carboxylic acids is 1. The number of hydrogen-bond acceptors (Lipinski definition) is 16. The summed E-state index contributed by atoms with van der Waals surface area (Å²) in [5.74, 6) is -0.223. The Morgan fingerprint density at radius 1 is 0.709 bits per heavy atom. The zero-order valence-corrected chi connectivity index (χ0v) is 31.7. The zero-order valence-electron chi connectivity index (χ0n) is 30.1. The van der Waals surface area contributed by atoms with Crippen LogP contribution in [0.3, 0.4) is 0 Å². The first-order valence-electron chi connectivity index (χ1n) is 17.2. The molecule has 0 amide bonds. The van der Waals surface area contributed by atoms with E-state index < -0.39 is 21.9 Å².